The summed E-state index contributed by atoms with van der Waals surface area (Å²) in [5.74, 6) is -1.21. The van der Waals surface area contributed by atoms with Crippen LogP contribution in [0.1, 0.15) is 22.5 Å². The molecule has 0 saturated heterocycles. The Bertz CT molecular complexity index is 826. The number of halogens is 4. The molecule has 0 aliphatic rings. The van der Waals surface area contributed by atoms with Gasteiger partial charge in [-0.3, -0.25) is 9.37 Å². The zero-order valence-electron chi connectivity index (χ0n) is 15.0. The molecule has 1 heterocycles. The van der Waals surface area contributed by atoms with E-state index in [1.165, 1.54) is 32.5 Å². The molecule has 2 rings (SSSR count). The van der Waals surface area contributed by atoms with Gasteiger partial charge in [0, 0.05) is 24.0 Å². The highest BCUT2D eigenvalue weighted by molar-refractivity contribution is 5.92. The van der Waals surface area contributed by atoms with Crippen molar-refractivity contribution < 1.29 is 41.3 Å². The summed E-state index contributed by atoms with van der Waals surface area (Å²) in [5.41, 5.74) is 0.459. The fraction of sp³-hybridized carbons (Fsp3) is 0.333. The minimum absolute atomic E-state index is 0.0100. The highest BCUT2D eigenvalue weighted by Gasteiger charge is 2.31. The Labute approximate surface area is 158 Å². The fourth-order valence-corrected chi connectivity index (χ4v) is 2.26. The van der Waals surface area contributed by atoms with Crippen LogP contribution in [0.4, 0.5) is 17.6 Å². The quantitative estimate of drug-likeness (QED) is 0.479. The topological polar surface area (TPSA) is 66.9 Å². The van der Waals surface area contributed by atoms with Gasteiger partial charge >= 0.3 is 12.3 Å². The predicted octanol–water partition coefficient (Wildman–Crippen LogP) is 4.47. The summed E-state index contributed by atoms with van der Waals surface area (Å²) in [6.45, 7) is -0.537. The van der Waals surface area contributed by atoms with Gasteiger partial charge in [0.1, 0.15) is 17.1 Å². The Morgan fingerprint density at radius 3 is 2.46 bits per heavy atom. The molecule has 0 atom stereocenters. The molecule has 0 saturated carbocycles. The molecular formula is C18H17F4NO5. The molecule has 0 bridgehead atoms. The summed E-state index contributed by atoms with van der Waals surface area (Å²) in [6.07, 6.45) is -3.09. The molecule has 0 fully saturated rings. The van der Waals surface area contributed by atoms with Crippen LogP contribution in [0, 0.1) is 0 Å². The number of methoxy groups -OCH3 is 2. The summed E-state index contributed by atoms with van der Waals surface area (Å²) >= 11 is 0. The van der Waals surface area contributed by atoms with E-state index in [4.69, 9.17) is 9.47 Å². The van der Waals surface area contributed by atoms with Gasteiger partial charge in [-0.25, -0.2) is 4.79 Å². The van der Waals surface area contributed by atoms with E-state index < -0.39 is 24.8 Å². The zero-order chi connectivity index (χ0) is 20.7. The summed E-state index contributed by atoms with van der Waals surface area (Å²) < 4.78 is 68.7. The molecule has 0 spiro atoms. The normalized spacial score (nSPS) is 11.1. The van der Waals surface area contributed by atoms with E-state index in [-0.39, 0.29) is 29.2 Å². The lowest BCUT2D eigenvalue weighted by molar-refractivity contribution is -0.274. The van der Waals surface area contributed by atoms with Crippen molar-refractivity contribution in [3.05, 3.63) is 41.7 Å². The van der Waals surface area contributed by atoms with Crippen LogP contribution in [0.15, 0.2) is 30.5 Å². The fourth-order valence-electron chi connectivity index (χ4n) is 2.26. The molecule has 2 aromatic rings. The number of carbonyl (C=O) groups is 1. The minimum atomic E-state index is -4.86. The number of aromatic nitrogens is 1. The first kappa shape index (κ1) is 21.3. The molecule has 28 heavy (non-hydrogen) atoms. The average Bonchev–Trinajstić information content (AvgIpc) is 2.65. The molecular weight excluding hydrogens is 386 g/mol. The molecule has 1 aromatic carbocycles. The van der Waals surface area contributed by atoms with Crippen molar-refractivity contribution in [3.8, 4) is 23.0 Å². The molecule has 0 N–H and O–H groups in total. The van der Waals surface area contributed by atoms with Gasteiger partial charge in [-0.15, -0.1) is 13.2 Å². The van der Waals surface area contributed by atoms with E-state index in [1.807, 2.05) is 0 Å². The number of hydrogen-bond acceptors (Lipinski definition) is 6. The molecule has 0 unspecified atom stereocenters. The number of nitrogens with zero attached hydrogens (tertiary/aromatic N) is 1. The number of hydrogen-bond donors (Lipinski definition) is 0. The van der Waals surface area contributed by atoms with Gasteiger partial charge in [0.25, 0.3) is 0 Å². The smallest absolute Gasteiger partial charge is 0.493 e. The highest BCUT2D eigenvalue weighted by Crippen LogP contribution is 2.37. The number of benzene rings is 1. The van der Waals surface area contributed by atoms with Crippen LogP contribution in [-0.2, 0) is 11.2 Å². The Morgan fingerprint density at radius 2 is 1.86 bits per heavy atom. The second-order valence-electron chi connectivity index (χ2n) is 5.42. The lowest BCUT2D eigenvalue weighted by Crippen LogP contribution is -2.17. The van der Waals surface area contributed by atoms with E-state index in [9.17, 15) is 22.4 Å². The monoisotopic (exact) mass is 403 g/mol. The molecule has 152 valence electrons. The Kier molecular flexibility index (Phi) is 7.02. The zero-order valence-corrected chi connectivity index (χ0v) is 15.0. The van der Waals surface area contributed by atoms with Crippen molar-refractivity contribution in [1.82, 2.24) is 4.98 Å². The van der Waals surface area contributed by atoms with E-state index in [0.717, 1.165) is 12.1 Å². The van der Waals surface area contributed by atoms with Gasteiger partial charge in [0.05, 0.1) is 20.9 Å². The molecule has 0 aliphatic heterocycles. The third-order valence-electron chi connectivity index (χ3n) is 3.48. The lowest BCUT2D eigenvalue weighted by Gasteiger charge is -2.15. The minimum Gasteiger partial charge on any atom is -0.493 e. The summed E-state index contributed by atoms with van der Waals surface area (Å²) in [5, 5.41) is 0. The summed E-state index contributed by atoms with van der Waals surface area (Å²) in [4.78, 5) is 16.0. The van der Waals surface area contributed by atoms with Crippen molar-refractivity contribution in [2.45, 2.75) is 19.2 Å². The third kappa shape index (κ3) is 5.73. The van der Waals surface area contributed by atoms with Gasteiger partial charge in [0.15, 0.2) is 11.5 Å². The van der Waals surface area contributed by atoms with Crippen LogP contribution in [-0.4, -0.2) is 38.2 Å². The molecule has 6 nitrogen and oxygen atoms in total. The highest BCUT2D eigenvalue weighted by atomic mass is 19.4. The molecule has 0 aliphatic carbocycles. The number of carbonyl (C=O) groups excluding carboxylic acids is 1. The van der Waals surface area contributed by atoms with E-state index in [0.29, 0.717) is 12.1 Å². The first-order valence-corrected chi connectivity index (χ1v) is 8.02. The maximum absolute atomic E-state index is 12.4. The largest absolute Gasteiger partial charge is 0.573 e. The van der Waals surface area contributed by atoms with Crippen molar-refractivity contribution in [2.24, 2.45) is 0 Å². The SMILES string of the molecule is COC(=O)c1cnc(CCCF)cc1Oc1ccc(OC(F)(F)F)cc1OC. The average molecular weight is 403 g/mol. The molecule has 0 amide bonds. The maximum Gasteiger partial charge on any atom is 0.573 e. The Morgan fingerprint density at radius 1 is 1.11 bits per heavy atom. The van der Waals surface area contributed by atoms with Crippen molar-refractivity contribution in [2.75, 3.05) is 20.9 Å². The van der Waals surface area contributed by atoms with Crippen LogP contribution in [0.5, 0.6) is 23.0 Å². The van der Waals surface area contributed by atoms with Crippen LogP contribution >= 0.6 is 0 Å². The van der Waals surface area contributed by atoms with Crippen molar-refractivity contribution in [1.29, 1.82) is 0 Å². The van der Waals surface area contributed by atoms with Crippen molar-refractivity contribution >= 4 is 5.97 Å². The second kappa shape index (κ2) is 9.25. The van der Waals surface area contributed by atoms with Gasteiger partial charge in [-0.05, 0) is 25.0 Å². The molecule has 0 radical (unpaired) electrons. The van der Waals surface area contributed by atoms with Gasteiger partial charge < -0.3 is 18.9 Å². The molecule has 1 aromatic heterocycles. The number of alkyl halides is 4. The van der Waals surface area contributed by atoms with Gasteiger partial charge in [0.2, 0.25) is 0 Å². The summed E-state index contributed by atoms with van der Waals surface area (Å²) in [7, 11) is 2.41. The second-order valence-corrected chi connectivity index (χ2v) is 5.42. The van der Waals surface area contributed by atoms with Crippen LogP contribution in [0.3, 0.4) is 0 Å². The van der Waals surface area contributed by atoms with E-state index >= 15 is 0 Å². The van der Waals surface area contributed by atoms with Gasteiger partial charge in [-0.2, -0.15) is 0 Å². The first-order chi connectivity index (χ1) is 13.3. The maximum atomic E-state index is 12.4. The number of esters is 1. The predicted molar refractivity (Wildman–Crippen MR) is 89.6 cm³/mol. The van der Waals surface area contributed by atoms with E-state index in [1.54, 1.807) is 0 Å². The number of pyridine rings is 1. The molecule has 10 heteroatoms. The lowest BCUT2D eigenvalue weighted by atomic mass is 10.1. The summed E-state index contributed by atoms with van der Waals surface area (Å²) in [6, 6.07) is 4.66. The standard InChI is InChI=1S/C18H17F4NO5/c1-25-16-9-12(28-18(20,21)22)5-6-14(16)27-15-8-11(4-3-7-19)23-10-13(15)17(24)26-2/h5-6,8-10H,3-4,7H2,1-2H3. The van der Waals surface area contributed by atoms with Crippen LogP contribution in [0.25, 0.3) is 0 Å². The number of aryl methyl sites for hydroxylation is 1. The Balaban J connectivity index is 2.37. The Hall–Kier alpha value is -3.04. The van der Waals surface area contributed by atoms with Crippen molar-refractivity contribution in [3.63, 3.8) is 0 Å². The first-order valence-electron chi connectivity index (χ1n) is 8.02. The van der Waals surface area contributed by atoms with Crippen LogP contribution in [0.2, 0.25) is 0 Å². The number of ether oxygens (including phenoxy) is 4. The number of rotatable bonds is 8. The van der Waals surface area contributed by atoms with Gasteiger partial charge in [-0.1, -0.05) is 0 Å². The van der Waals surface area contributed by atoms with E-state index in [2.05, 4.69) is 14.5 Å². The van der Waals surface area contributed by atoms with Crippen LogP contribution < -0.4 is 14.2 Å². The third-order valence-corrected chi connectivity index (χ3v) is 3.48.